The zero-order valence-corrected chi connectivity index (χ0v) is 14.7. The highest BCUT2D eigenvalue weighted by Crippen LogP contribution is 2.33. The third kappa shape index (κ3) is 4.65. The summed E-state index contributed by atoms with van der Waals surface area (Å²) in [5, 5.41) is 9.43. The van der Waals surface area contributed by atoms with Gasteiger partial charge in [-0.1, -0.05) is 18.9 Å². The van der Waals surface area contributed by atoms with E-state index in [2.05, 4.69) is 4.40 Å². The summed E-state index contributed by atoms with van der Waals surface area (Å²) in [6.45, 7) is 0. The molecule has 6 nitrogen and oxygen atoms in total. The summed E-state index contributed by atoms with van der Waals surface area (Å²) in [6.07, 6.45) is 7.16. The first kappa shape index (κ1) is 17.7. The van der Waals surface area contributed by atoms with Crippen LogP contribution in [0, 0.1) is 5.92 Å². The van der Waals surface area contributed by atoms with Crippen molar-refractivity contribution in [3.05, 3.63) is 23.1 Å². The molecule has 126 valence electrons. The lowest BCUT2D eigenvalue weighted by molar-refractivity contribution is -0.130. The van der Waals surface area contributed by atoms with Gasteiger partial charge in [-0.3, -0.25) is 0 Å². The molecule has 1 saturated carbocycles. The predicted molar refractivity (Wildman–Crippen MR) is 91.3 cm³/mol. The third-order valence-electron chi connectivity index (χ3n) is 3.55. The van der Waals surface area contributed by atoms with Crippen LogP contribution in [0.2, 0.25) is 0 Å². The maximum Gasteiger partial charge on any atom is 0.336 e. The van der Waals surface area contributed by atoms with E-state index in [0.717, 1.165) is 37.0 Å². The maximum atomic E-state index is 12.1. The Labute approximate surface area is 140 Å². The van der Waals surface area contributed by atoms with Crippen LogP contribution in [0.5, 0.6) is 0 Å². The minimum atomic E-state index is -3.79. The summed E-state index contributed by atoms with van der Waals surface area (Å²) in [5.74, 6) is -0.769. The number of rotatable bonds is 6. The van der Waals surface area contributed by atoms with Crippen LogP contribution >= 0.6 is 11.3 Å². The van der Waals surface area contributed by atoms with Gasteiger partial charge < -0.3 is 10.0 Å². The minimum absolute atomic E-state index is 0.0455. The Morgan fingerprint density at radius 1 is 1.35 bits per heavy atom. The first-order chi connectivity index (χ1) is 10.8. The normalized spacial score (nSPS) is 17.0. The fourth-order valence-corrected chi connectivity index (χ4v) is 4.66. The summed E-state index contributed by atoms with van der Waals surface area (Å²) >= 11 is 0.942. The average Bonchev–Trinajstić information content (AvgIpc) is 3.13. The molecule has 2 rings (SSSR count). The molecule has 1 aromatic heterocycles. The highest BCUT2D eigenvalue weighted by molar-refractivity contribution is 7.92. The second kappa shape index (κ2) is 7.27. The van der Waals surface area contributed by atoms with E-state index in [0.29, 0.717) is 4.88 Å². The molecule has 1 aliphatic carbocycles. The number of sulfonamides is 1. The molecule has 8 heteroatoms. The average molecular weight is 356 g/mol. The van der Waals surface area contributed by atoms with E-state index in [1.54, 1.807) is 20.2 Å². The molecule has 0 unspecified atom stereocenters. The van der Waals surface area contributed by atoms with Crippen molar-refractivity contribution in [2.45, 2.75) is 29.9 Å². The Hall–Kier alpha value is -1.67. The Bertz CT molecular complexity index is 726. The van der Waals surface area contributed by atoms with Gasteiger partial charge in [0.1, 0.15) is 10.5 Å². The number of nitrogens with zero attached hydrogens (tertiary/aromatic N) is 2. The van der Waals surface area contributed by atoms with Crippen LogP contribution < -0.4 is 0 Å². The van der Waals surface area contributed by atoms with Crippen LogP contribution in [0.15, 0.2) is 26.8 Å². The van der Waals surface area contributed by atoms with E-state index < -0.39 is 16.0 Å². The van der Waals surface area contributed by atoms with E-state index in [4.69, 9.17) is 0 Å². The van der Waals surface area contributed by atoms with Crippen molar-refractivity contribution in [3.8, 4) is 0 Å². The van der Waals surface area contributed by atoms with Crippen LogP contribution in [-0.4, -0.2) is 44.8 Å². The molecular formula is C15H20N2O4S2. The Kier molecular flexibility index (Phi) is 5.59. The van der Waals surface area contributed by atoms with Crippen LogP contribution in [-0.2, 0) is 14.8 Å². The van der Waals surface area contributed by atoms with Gasteiger partial charge in [0.15, 0.2) is 0 Å². The first-order valence-electron chi connectivity index (χ1n) is 7.32. The summed E-state index contributed by atoms with van der Waals surface area (Å²) in [4.78, 5) is 13.5. The standard InChI is InChI=1S/C15H20N2O4S2/c1-17(2)10-16-23(20,21)14-8-7-13(22-14)12(15(18)19)9-11-5-3-4-6-11/h7-11H,3-6H2,1-2H3,(H,18,19)/b12-9-,16-10?. The molecule has 0 spiro atoms. The summed E-state index contributed by atoms with van der Waals surface area (Å²) in [5.41, 5.74) is 0.180. The van der Waals surface area contributed by atoms with Crippen molar-refractivity contribution in [3.63, 3.8) is 0 Å². The van der Waals surface area contributed by atoms with Gasteiger partial charge in [-0.15, -0.1) is 15.7 Å². The second-order valence-electron chi connectivity index (χ2n) is 5.71. The molecule has 1 aliphatic rings. The van der Waals surface area contributed by atoms with E-state index in [1.807, 2.05) is 0 Å². The van der Waals surface area contributed by atoms with Gasteiger partial charge in [0.25, 0.3) is 10.0 Å². The van der Waals surface area contributed by atoms with Crippen LogP contribution in [0.25, 0.3) is 5.57 Å². The Morgan fingerprint density at radius 2 is 2.00 bits per heavy atom. The summed E-state index contributed by atoms with van der Waals surface area (Å²) < 4.78 is 27.8. The number of carboxylic acid groups (broad SMARTS) is 1. The Morgan fingerprint density at radius 3 is 2.57 bits per heavy atom. The molecule has 0 aromatic carbocycles. The van der Waals surface area contributed by atoms with Crippen molar-refractivity contribution in [1.29, 1.82) is 0 Å². The number of carbonyl (C=O) groups is 1. The molecular weight excluding hydrogens is 336 g/mol. The number of carboxylic acids is 1. The van der Waals surface area contributed by atoms with Gasteiger partial charge in [0.05, 0.1) is 5.57 Å². The fourth-order valence-electron chi connectivity index (χ4n) is 2.43. The lowest BCUT2D eigenvalue weighted by Gasteiger charge is -2.05. The molecule has 0 amide bonds. The predicted octanol–water partition coefficient (Wildman–Crippen LogP) is 2.68. The third-order valence-corrected chi connectivity index (χ3v) is 6.36. The van der Waals surface area contributed by atoms with Crippen LogP contribution in [0.3, 0.4) is 0 Å². The van der Waals surface area contributed by atoms with E-state index in [9.17, 15) is 18.3 Å². The molecule has 0 atom stereocenters. The summed E-state index contributed by atoms with van der Waals surface area (Å²) in [7, 11) is -0.450. The highest BCUT2D eigenvalue weighted by atomic mass is 32.2. The van der Waals surface area contributed by atoms with Crippen molar-refractivity contribution in [2.24, 2.45) is 10.3 Å². The van der Waals surface area contributed by atoms with Crippen molar-refractivity contribution in [1.82, 2.24) is 4.90 Å². The zero-order valence-electron chi connectivity index (χ0n) is 13.1. The number of thiophene rings is 1. The Balaban J connectivity index is 2.30. The maximum absolute atomic E-state index is 12.1. The van der Waals surface area contributed by atoms with Gasteiger partial charge in [-0.05, 0) is 30.9 Å². The first-order valence-corrected chi connectivity index (χ1v) is 9.57. The minimum Gasteiger partial charge on any atom is -0.478 e. The monoisotopic (exact) mass is 356 g/mol. The molecule has 23 heavy (non-hydrogen) atoms. The van der Waals surface area contributed by atoms with Crippen molar-refractivity contribution < 1.29 is 18.3 Å². The lowest BCUT2D eigenvalue weighted by Crippen LogP contribution is -2.09. The van der Waals surface area contributed by atoms with E-state index in [-0.39, 0.29) is 15.7 Å². The number of hydrogen-bond donors (Lipinski definition) is 1. The molecule has 1 fully saturated rings. The van der Waals surface area contributed by atoms with Gasteiger partial charge in [0.2, 0.25) is 0 Å². The molecule has 1 aromatic rings. The second-order valence-corrected chi connectivity index (χ2v) is 8.65. The number of hydrogen-bond acceptors (Lipinski definition) is 4. The molecule has 0 radical (unpaired) electrons. The van der Waals surface area contributed by atoms with Crippen molar-refractivity contribution >= 4 is 39.2 Å². The lowest BCUT2D eigenvalue weighted by atomic mass is 10.0. The van der Waals surface area contributed by atoms with E-state index in [1.165, 1.54) is 23.4 Å². The molecule has 0 bridgehead atoms. The van der Waals surface area contributed by atoms with Gasteiger partial charge >= 0.3 is 5.97 Å². The smallest absolute Gasteiger partial charge is 0.336 e. The fraction of sp³-hybridized carbons (Fsp3) is 0.467. The van der Waals surface area contributed by atoms with Crippen LogP contribution in [0.1, 0.15) is 30.6 Å². The quantitative estimate of drug-likeness (QED) is 0.481. The largest absolute Gasteiger partial charge is 0.478 e. The number of allylic oxidation sites excluding steroid dienone is 1. The molecule has 1 N–H and O–H groups in total. The van der Waals surface area contributed by atoms with Gasteiger partial charge in [-0.25, -0.2) is 4.79 Å². The summed E-state index contributed by atoms with van der Waals surface area (Å²) in [6, 6.07) is 2.95. The number of aliphatic carboxylic acids is 1. The van der Waals surface area contributed by atoms with Crippen LogP contribution in [0.4, 0.5) is 0 Å². The topological polar surface area (TPSA) is 87.0 Å². The molecule has 1 heterocycles. The van der Waals surface area contributed by atoms with E-state index >= 15 is 0 Å². The van der Waals surface area contributed by atoms with Crippen molar-refractivity contribution in [2.75, 3.05) is 14.1 Å². The van der Waals surface area contributed by atoms with Gasteiger partial charge in [-0.2, -0.15) is 8.42 Å². The van der Waals surface area contributed by atoms with Gasteiger partial charge in [0, 0.05) is 19.0 Å². The molecule has 0 saturated heterocycles. The highest BCUT2D eigenvalue weighted by Gasteiger charge is 2.22. The SMILES string of the molecule is CN(C)C=NS(=O)(=O)c1ccc(/C(=C/C2CCCC2)C(=O)O)s1. The zero-order chi connectivity index (χ0) is 17.0. The molecule has 0 aliphatic heterocycles.